The number of amides is 2. The quantitative estimate of drug-likeness (QED) is 0.941. The molecule has 0 bridgehead atoms. The van der Waals surface area contributed by atoms with Crippen molar-refractivity contribution >= 4 is 23.2 Å². The third kappa shape index (κ3) is 2.71. The minimum atomic E-state index is -0.189. The lowest BCUT2D eigenvalue weighted by Gasteiger charge is -2.35. The summed E-state index contributed by atoms with van der Waals surface area (Å²) in [6.45, 7) is 3.54. The van der Waals surface area contributed by atoms with Crippen LogP contribution in [0.4, 0.5) is 0 Å². The van der Waals surface area contributed by atoms with E-state index in [1.54, 1.807) is 6.07 Å². The van der Waals surface area contributed by atoms with Crippen LogP contribution >= 0.6 is 11.3 Å². The summed E-state index contributed by atoms with van der Waals surface area (Å²) in [5.41, 5.74) is 1.14. The summed E-state index contributed by atoms with van der Waals surface area (Å²) < 4.78 is 2.17. The van der Waals surface area contributed by atoms with Crippen LogP contribution in [0.15, 0.2) is 35.8 Å². The molecule has 1 N–H and O–H groups in total. The van der Waals surface area contributed by atoms with Gasteiger partial charge in [-0.05, 0) is 30.5 Å². The van der Waals surface area contributed by atoms with Crippen LogP contribution in [0.25, 0.3) is 0 Å². The highest BCUT2D eigenvalue weighted by Crippen LogP contribution is 2.25. The number of nitrogens with zero attached hydrogens (tertiary/aromatic N) is 2. The highest BCUT2D eigenvalue weighted by Gasteiger charge is 2.27. The third-order valence-electron chi connectivity index (χ3n) is 3.81. The Morgan fingerprint density at radius 2 is 2.19 bits per heavy atom. The van der Waals surface area contributed by atoms with Crippen LogP contribution in [0.2, 0.25) is 0 Å². The third-order valence-corrected chi connectivity index (χ3v) is 4.68. The van der Waals surface area contributed by atoms with Crippen molar-refractivity contribution in [3.8, 4) is 0 Å². The standard InChI is InChI=1S/C15H17N3O2S/c1-11-12-4-2-6-17(12)7-8-18(11)14(19)10-16-15(20)13-5-3-9-21-13/h2-6,9,11H,7-8,10H2,1H3,(H,16,20)/t11-/m1/s1. The molecule has 110 valence electrons. The lowest BCUT2D eigenvalue weighted by Crippen LogP contribution is -2.45. The van der Waals surface area contributed by atoms with Crippen molar-refractivity contribution in [2.24, 2.45) is 0 Å². The molecule has 0 unspecified atom stereocenters. The summed E-state index contributed by atoms with van der Waals surface area (Å²) in [4.78, 5) is 26.6. The first kappa shape index (κ1) is 13.9. The number of fused-ring (bicyclic) bond motifs is 1. The molecule has 0 aromatic carbocycles. The van der Waals surface area contributed by atoms with Gasteiger partial charge in [0.15, 0.2) is 0 Å². The number of hydrogen-bond acceptors (Lipinski definition) is 3. The molecule has 1 aliphatic heterocycles. The molecule has 3 rings (SSSR count). The Labute approximate surface area is 127 Å². The van der Waals surface area contributed by atoms with Gasteiger partial charge in [0.2, 0.25) is 5.91 Å². The number of carbonyl (C=O) groups is 2. The Morgan fingerprint density at radius 1 is 1.33 bits per heavy atom. The van der Waals surface area contributed by atoms with Gasteiger partial charge in [0.05, 0.1) is 17.5 Å². The minimum absolute atomic E-state index is 0.0416. The van der Waals surface area contributed by atoms with Crippen molar-refractivity contribution in [2.45, 2.75) is 19.5 Å². The first-order valence-corrected chi connectivity index (χ1v) is 7.81. The van der Waals surface area contributed by atoms with Gasteiger partial charge in [-0.3, -0.25) is 9.59 Å². The lowest BCUT2D eigenvalue weighted by molar-refractivity contribution is -0.133. The van der Waals surface area contributed by atoms with Crippen LogP contribution < -0.4 is 5.32 Å². The second-order valence-corrected chi connectivity index (χ2v) is 6.00. The van der Waals surface area contributed by atoms with Gasteiger partial charge in [-0.2, -0.15) is 0 Å². The van der Waals surface area contributed by atoms with E-state index in [0.717, 1.165) is 12.2 Å². The second kappa shape index (κ2) is 5.73. The first-order valence-electron chi connectivity index (χ1n) is 6.93. The van der Waals surface area contributed by atoms with Crippen molar-refractivity contribution in [1.82, 2.24) is 14.8 Å². The second-order valence-electron chi connectivity index (χ2n) is 5.05. The maximum Gasteiger partial charge on any atom is 0.261 e. The molecule has 0 saturated carbocycles. The predicted octanol–water partition coefficient (Wildman–Crippen LogP) is 1.88. The van der Waals surface area contributed by atoms with Crippen LogP contribution in [0, 0.1) is 0 Å². The van der Waals surface area contributed by atoms with Crippen molar-refractivity contribution in [3.63, 3.8) is 0 Å². The molecule has 0 radical (unpaired) electrons. The molecule has 6 heteroatoms. The number of hydrogen-bond donors (Lipinski definition) is 1. The molecule has 21 heavy (non-hydrogen) atoms. The van der Waals surface area contributed by atoms with Gasteiger partial charge in [-0.25, -0.2) is 0 Å². The molecule has 3 heterocycles. The summed E-state index contributed by atoms with van der Waals surface area (Å²) in [7, 11) is 0. The minimum Gasteiger partial charge on any atom is -0.348 e. The molecule has 0 aliphatic carbocycles. The predicted molar refractivity (Wildman–Crippen MR) is 81.2 cm³/mol. The summed E-state index contributed by atoms with van der Waals surface area (Å²) >= 11 is 1.37. The molecular weight excluding hydrogens is 286 g/mol. The molecule has 2 aromatic rings. The maximum absolute atomic E-state index is 12.3. The topological polar surface area (TPSA) is 54.3 Å². The summed E-state index contributed by atoms with van der Waals surface area (Å²) in [6, 6.07) is 7.65. The summed E-state index contributed by atoms with van der Waals surface area (Å²) in [5.74, 6) is -0.230. The Bertz CT molecular complexity index is 648. The number of thiophene rings is 1. The SMILES string of the molecule is C[C@@H]1c2cccn2CCN1C(=O)CNC(=O)c1cccs1. The van der Waals surface area contributed by atoms with Crippen molar-refractivity contribution in [2.75, 3.05) is 13.1 Å². The Morgan fingerprint density at radius 3 is 2.95 bits per heavy atom. The van der Waals surface area contributed by atoms with E-state index in [-0.39, 0.29) is 24.4 Å². The molecule has 1 atom stereocenters. The molecule has 2 amide bonds. The smallest absolute Gasteiger partial charge is 0.261 e. The van der Waals surface area contributed by atoms with Crippen LogP contribution in [0.3, 0.4) is 0 Å². The van der Waals surface area contributed by atoms with Crippen LogP contribution in [-0.4, -0.2) is 34.4 Å². The Kier molecular flexibility index (Phi) is 3.79. The summed E-state index contributed by atoms with van der Waals surface area (Å²) in [5, 5.41) is 4.54. The van der Waals surface area contributed by atoms with E-state index in [1.807, 2.05) is 41.6 Å². The van der Waals surface area contributed by atoms with E-state index in [4.69, 9.17) is 0 Å². The van der Waals surface area contributed by atoms with Crippen molar-refractivity contribution in [1.29, 1.82) is 0 Å². The zero-order valence-corrected chi connectivity index (χ0v) is 12.6. The average molecular weight is 303 g/mol. The average Bonchev–Trinajstić information content (AvgIpc) is 3.15. The Balaban J connectivity index is 1.60. The van der Waals surface area contributed by atoms with Gasteiger partial charge in [-0.1, -0.05) is 6.07 Å². The molecule has 0 spiro atoms. The van der Waals surface area contributed by atoms with Gasteiger partial charge in [0, 0.05) is 25.0 Å². The van der Waals surface area contributed by atoms with E-state index >= 15 is 0 Å². The summed E-state index contributed by atoms with van der Waals surface area (Å²) in [6.07, 6.45) is 2.03. The van der Waals surface area contributed by atoms with Gasteiger partial charge in [0.25, 0.3) is 5.91 Å². The number of rotatable bonds is 3. The fraction of sp³-hybridized carbons (Fsp3) is 0.333. The molecule has 2 aromatic heterocycles. The van der Waals surface area contributed by atoms with E-state index in [2.05, 4.69) is 9.88 Å². The molecule has 5 nitrogen and oxygen atoms in total. The molecule has 0 fully saturated rings. The Hall–Kier alpha value is -2.08. The number of aromatic nitrogens is 1. The van der Waals surface area contributed by atoms with Crippen molar-refractivity contribution in [3.05, 3.63) is 46.4 Å². The number of nitrogens with one attached hydrogen (secondary N) is 1. The van der Waals surface area contributed by atoms with E-state index in [1.165, 1.54) is 11.3 Å². The van der Waals surface area contributed by atoms with E-state index < -0.39 is 0 Å². The van der Waals surface area contributed by atoms with Gasteiger partial charge in [-0.15, -0.1) is 11.3 Å². The van der Waals surface area contributed by atoms with Crippen LogP contribution in [0.5, 0.6) is 0 Å². The largest absolute Gasteiger partial charge is 0.348 e. The molecular formula is C15H17N3O2S. The fourth-order valence-corrected chi connectivity index (χ4v) is 3.31. The van der Waals surface area contributed by atoms with Crippen molar-refractivity contribution < 1.29 is 9.59 Å². The highest BCUT2D eigenvalue weighted by atomic mass is 32.1. The van der Waals surface area contributed by atoms with Gasteiger partial charge in [0.1, 0.15) is 0 Å². The zero-order chi connectivity index (χ0) is 14.8. The highest BCUT2D eigenvalue weighted by molar-refractivity contribution is 7.12. The van der Waals surface area contributed by atoms with E-state index in [9.17, 15) is 9.59 Å². The van der Waals surface area contributed by atoms with Gasteiger partial charge < -0.3 is 14.8 Å². The normalized spacial score (nSPS) is 17.4. The molecule has 0 saturated heterocycles. The first-order chi connectivity index (χ1) is 10.2. The zero-order valence-electron chi connectivity index (χ0n) is 11.8. The monoisotopic (exact) mass is 303 g/mol. The number of carbonyl (C=O) groups excluding carboxylic acids is 2. The molecule has 1 aliphatic rings. The van der Waals surface area contributed by atoms with Crippen LogP contribution in [-0.2, 0) is 11.3 Å². The van der Waals surface area contributed by atoms with Crippen LogP contribution in [0.1, 0.15) is 28.3 Å². The van der Waals surface area contributed by atoms with Gasteiger partial charge >= 0.3 is 0 Å². The maximum atomic E-state index is 12.3. The lowest BCUT2D eigenvalue weighted by atomic mass is 10.1. The fourth-order valence-electron chi connectivity index (χ4n) is 2.67. The van der Waals surface area contributed by atoms with E-state index in [0.29, 0.717) is 11.4 Å².